The van der Waals surface area contributed by atoms with E-state index in [0.717, 1.165) is 24.2 Å². The number of thioether (sulfide) groups is 1. The fraction of sp³-hybridized carbons (Fsp3) is 1.00. The van der Waals surface area contributed by atoms with Crippen molar-refractivity contribution >= 4 is 24.4 Å². The van der Waals surface area contributed by atoms with Crippen LogP contribution in [0, 0.1) is 0 Å². The SMILES string of the molecule is SCCOCCSC1CCCC1. The van der Waals surface area contributed by atoms with Crippen molar-refractivity contribution in [2.75, 3.05) is 24.7 Å². The Morgan fingerprint density at radius 2 is 2.00 bits per heavy atom. The smallest absolute Gasteiger partial charge is 0.0557 e. The largest absolute Gasteiger partial charge is 0.380 e. The molecular formula is C9H18OS2. The summed E-state index contributed by atoms with van der Waals surface area (Å²) >= 11 is 6.16. The first-order valence-corrected chi connectivity index (χ1v) is 6.42. The fourth-order valence-corrected chi connectivity index (χ4v) is 2.84. The number of rotatable bonds is 6. The van der Waals surface area contributed by atoms with Crippen molar-refractivity contribution in [2.45, 2.75) is 30.9 Å². The van der Waals surface area contributed by atoms with Crippen LogP contribution in [0.25, 0.3) is 0 Å². The van der Waals surface area contributed by atoms with Gasteiger partial charge in [-0.1, -0.05) is 12.8 Å². The van der Waals surface area contributed by atoms with E-state index in [0.29, 0.717) is 0 Å². The Bertz CT molecular complexity index is 103. The van der Waals surface area contributed by atoms with Crippen LogP contribution in [-0.2, 0) is 4.74 Å². The second-order valence-corrected chi connectivity index (χ2v) is 4.97. The van der Waals surface area contributed by atoms with Crippen LogP contribution < -0.4 is 0 Å². The summed E-state index contributed by atoms with van der Waals surface area (Å²) in [7, 11) is 0. The van der Waals surface area contributed by atoms with Gasteiger partial charge in [0.1, 0.15) is 0 Å². The summed E-state index contributed by atoms with van der Waals surface area (Å²) in [6.45, 7) is 1.70. The molecule has 0 aliphatic heterocycles. The Hall–Kier alpha value is 0.660. The van der Waals surface area contributed by atoms with Crippen LogP contribution in [0.3, 0.4) is 0 Å². The standard InChI is InChI=1S/C9H18OS2/c11-7-5-10-6-8-12-9-3-1-2-4-9/h9,11H,1-8H2. The third kappa shape index (κ3) is 4.63. The molecule has 0 saturated heterocycles. The van der Waals surface area contributed by atoms with Gasteiger partial charge >= 0.3 is 0 Å². The fourth-order valence-electron chi connectivity index (χ4n) is 1.50. The van der Waals surface area contributed by atoms with Crippen molar-refractivity contribution < 1.29 is 4.74 Å². The monoisotopic (exact) mass is 206 g/mol. The molecule has 1 fully saturated rings. The van der Waals surface area contributed by atoms with Crippen molar-refractivity contribution in [1.29, 1.82) is 0 Å². The minimum Gasteiger partial charge on any atom is -0.380 e. The van der Waals surface area contributed by atoms with E-state index in [4.69, 9.17) is 4.74 Å². The molecule has 12 heavy (non-hydrogen) atoms. The van der Waals surface area contributed by atoms with Crippen LogP contribution in [0.15, 0.2) is 0 Å². The van der Waals surface area contributed by atoms with Crippen LogP contribution >= 0.6 is 24.4 Å². The molecule has 0 aromatic rings. The molecule has 1 aliphatic carbocycles. The molecule has 0 radical (unpaired) electrons. The molecule has 0 heterocycles. The second-order valence-electron chi connectivity index (χ2n) is 3.11. The number of ether oxygens (including phenoxy) is 1. The molecule has 0 N–H and O–H groups in total. The molecule has 0 atom stereocenters. The van der Waals surface area contributed by atoms with Crippen molar-refractivity contribution in [1.82, 2.24) is 0 Å². The topological polar surface area (TPSA) is 9.23 Å². The first kappa shape index (κ1) is 10.7. The van der Waals surface area contributed by atoms with Gasteiger partial charge in [-0.2, -0.15) is 24.4 Å². The lowest BCUT2D eigenvalue weighted by Gasteiger charge is -2.07. The van der Waals surface area contributed by atoms with Gasteiger partial charge in [-0.25, -0.2) is 0 Å². The van der Waals surface area contributed by atoms with Crippen molar-refractivity contribution in [3.05, 3.63) is 0 Å². The highest BCUT2D eigenvalue weighted by Gasteiger charge is 2.14. The summed E-state index contributed by atoms with van der Waals surface area (Å²) in [5, 5.41) is 0.935. The summed E-state index contributed by atoms with van der Waals surface area (Å²) in [6.07, 6.45) is 5.73. The maximum absolute atomic E-state index is 5.35. The molecule has 1 aliphatic rings. The second kappa shape index (κ2) is 7.10. The molecule has 0 aromatic carbocycles. The highest BCUT2D eigenvalue weighted by Crippen LogP contribution is 2.28. The summed E-state index contributed by atoms with van der Waals surface area (Å²) in [5.41, 5.74) is 0. The average molecular weight is 206 g/mol. The molecule has 0 aromatic heterocycles. The molecule has 0 unspecified atom stereocenters. The van der Waals surface area contributed by atoms with Crippen LogP contribution in [0.4, 0.5) is 0 Å². The van der Waals surface area contributed by atoms with Crippen molar-refractivity contribution in [3.63, 3.8) is 0 Å². The highest BCUT2D eigenvalue weighted by atomic mass is 32.2. The number of hydrogen-bond acceptors (Lipinski definition) is 3. The first-order valence-electron chi connectivity index (χ1n) is 4.73. The summed E-state index contributed by atoms with van der Waals surface area (Å²) in [6, 6.07) is 0. The van der Waals surface area contributed by atoms with E-state index in [2.05, 4.69) is 24.4 Å². The average Bonchev–Trinajstić information content (AvgIpc) is 2.57. The molecule has 1 rings (SSSR count). The Morgan fingerprint density at radius 3 is 2.67 bits per heavy atom. The van der Waals surface area contributed by atoms with Gasteiger partial charge in [0.2, 0.25) is 0 Å². The molecule has 72 valence electrons. The van der Waals surface area contributed by atoms with Gasteiger partial charge in [0.15, 0.2) is 0 Å². The quantitative estimate of drug-likeness (QED) is 0.528. The van der Waals surface area contributed by atoms with Gasteiger partial charge in [0.25, 0.3) is 0 Å². The van der Waals surface area contributed by atoms with E-state index in [1.165, 1.54) is 31.4 Å². The zero-order valence-electron chi connectivity index (χ0n) is 7.50. The predicted molar refractivity (Wildman–Crippen MR) is 59.4 cm³/mol. The predicted octanol–water partition coefficient (Wildman–Crippen LogP) is 2.61. The van der Waals surface area contributed by atoms with Crippen molar-refractivity contribution in [2.24, 2.45) is 0 Å². The Balaban J connectivity index is 1.81. The highest BCUT2D eigenvalue weighted by molar-refractivity contribution is 7.99. The van der Waals surface area contributed by atoms with E-state index >= 15 is 0 Å². The third-order valence-corrected chi connectivity index (χ3v) is 3.65. The molecule has 1 saturated carbocycles. The Kier molecular flexibility index (Phi) is 6.35. The maximum atomic E-state index is 5.35. The molecule has 0 amide bonds. The number of hydrogen-bond donors (Lipinski definition) is 1. The molecular weight excluding hydrogens is 188 g/mol. The van der Waals surface area contributed by atoms with E-state index in [9.17, 15) is 0 Å². The van der Waals surface area contributed by atoms with E-state index in [1.54, 1.807) is 0 Å². The van der Waals surface area contributed by atoms with E-state index in [-0.39, 0.29) is 0 Å². The van der Waals surface area contributed by atoms with Gasteiger partial charge in [-0.3, -0.25) is 0 Å². The zero-order valence-corrected chi connectivity index (χ0v) is 9.21. The van der Waals surface area contributed by atoms with Crippen LogP contribution in [0.1, 0.15) is 25.7 Å². The summed E-state index contributed by atoms with van der Waals surface area (Å²) in [5.74, 6) is 2.01. The normalized spacial score (nSPS) is 18.8. The lowest BCUT2D eigenvalue weighted by Crippen LogP contribution is -2.03. The minimum absolute atomic E-state index is 0.800. The van der Waals surface area contributed by atoms with E-state index in [1.807, 2.05) is 0 Å². The Morgan fingerprint density at radius 1 is 1.25 bits per heavy atom. The van der Waals surface area contributed by atoms with Gasteiger partial charge in [-0.05, 0) is 12.8 Å². The van der Waals surface area contributed by atoms with Crippen LogP contribution in [-0.4, -0.2) is 30.0 Å². The van der Waals surface area contributed by atoms with Crippen LogP contribution in [0.5, 0.6) is 0 Å². The lowest BCUT2D eigenvalue weighted by atomic mass is 10.4. The maximum Gasteiger partial charge on any atom is 0.0557 e. The molecule has 0 spiro atoms. The lowest BCUT2D eigenvalue weighted by molar-refractivity contribution is 0.167. The first-order chi connectivity index (χ1) is 5.93. The summed E-state index contributed by atoms with van der Waals surface area (Å²) < 4.78 is 5.35. The molecule has 0 bridgehead atoms. The molecule has 1 nitrogen and oxygen atoms in total. The van der Waals surface area contributed by atoms with E-state index < -0.39 is 0 Å². The minimum atomic E-state index is 0.800. The third-order valence-electron chi connectivity index (χ3n) is 2.12. The Labute approximate surface area is 85.0 Å². The molecule has 3 heteroatoms. The van der Waals surface area contributed by atoms with Gasteiger partial charge in [0.05, 0.1) is 13.2 Å². The number of thiol groups is 1. The zero-order chi connectivity index (χ0) is 8.65. The summed E-state index contributed by atoms with van der Waals surface area (Å²) in [4.78, 5) is 0. The van der Waals surface area contributed by atoms with Gasteiger partial charge in [0, 0.05) is 16.8 Å². The van der Waals surface area contributed by atoms with Gasteiger partial charge in [-0.15, -0.1) is 0 Å². The van der Waals surface area contributed by atoms with Gasteiger partial charge < -0.3 is 4.74 Å². The van der Waals surface area contributed by atoms with Crippen LogP contribution in [0.2, 0.25) is 0 Å². The van der Waals surface area contributed by atoms with Crippen molar-refractivity contribution in [3.8, 4) is 0 Å².